The van der Waals surface area contributed by atoms with Crippen LogP contribution < -0.4 is 5.73 Å². The van der Waals surface area contributed by atoms with Crippen LogP contribution in [0.5, 0.6) is 0 Å². The van der Waals surface area contributed by atoms with Gasteiger partial charge in [0.15, 0.2) is 0 Å². The number of hydrogen-bond donors (Lipinski definition) is 1. The third-order valence-electron chi connectivity index (χ3n) is 3.05. The number of aromatic nitrogens is 2. The molecule has 4 nitrogen and oxygen atoms in total. The molecular weight excluding hydrogens is 190 g/mol. The van der Waals surface area contributed by atoms with Gasteiger partial charge in [0.05, 0.1) is 24.4 Å². The van der Waals surface area contributed by atoms with Crippen LogP contribution in [0.1, 0.15) is 38.3 Å². The molecule has 0 saturated carbocycles. The van der Waals surface area contributed by atoms with Crippen molar-refractivity contribution in [3.63, 3.8) is 0 Å². The van der Waals surface area contributed by atoms with Crippen LogP contribution in [0.15, 0.2) is 6.20 Å². The first-order valence-corrected chi connectivity index (χ1v) is 5.53. The summed E-state index contributed by atoms with van der Waals surface area (Å²) in [5.74, 6) is 0.793. The molecule has 0 aliphatic carbocycles. The monoisotopic (exact) mass is 209 g/mol. The van der Waals surface area contributed by atoms with Gasteiger partial charge in [0, 0.05) is 5.56 Å². The molecule has 2 rings (SSSR count). The highest BCUT2D eigenvalue weighted by atomic mass is 16.5. The summed E-state index contributed by atoms with van der Waals surface area (Å²) in [6.45, 7) is 6.20. The molecule has 0 bridgehead atoms. The number of anilines is 1. The summed E-state index contributed by atoms with van der Waals surface area (Å²) in [6, 6.07) is 0.387. The van der Waals surface area contributed by atoms with E-state index in [1.165, 1.54) is 0 Å². The molecule has 84 valence electrons. The normalized spacial score (nSPS) is 31.8. The van der Waals surface area contributed by atoms with Crippen molar-refractivity contribution in [2.24, 2.45) is 0 Å². The zero-order chi connectivity index (χ0) is 11.0. The van der Waals surface area contributed by atoms with Crippen molar-refractivity contribution < 1.29 is 4.74 Å². The quantitative estimate of drug-likeness (QED) is 0.768. The van der Waals surface area contributed by atoms with Gasteiger partial charge in [0.25, 0.3) is 0 Å². The first-order chi connectivity index (χ1) is 7.08. The van der Waals surface area contributed by atoms with Gasteiger partial charge < -0.3 is 10.5 Å². The molecule has 1 fully saturated rings. The molecule has 2 heterocycles. The Morgan fingerprint density at radius 1 is 1.40 bits per heavy atom. The molecule has 2 N–H and O–H groups in total. The van der Waals surface area contributed by atoms with Crippen molar-refractivity contribution in [3.05, 3.63) is 11.8 Å². The van der Waals surface area contributed by atoms with Gasteiger partial charge in [-0.25, -0.2) is 4.68 Å². The van der Waals surface area contributed by atoms with E-state index in [9.17, 15) is 0 Å². The predicted molar refractivity (Wildman–Crippen MR) is 59.7 cm³/mol. The Bertz CT molecular complexity index is 338. The number of ether oxygens (including phenoxy) is 1. The zero-order valence-corrected chi connectivity index (χ0v) is 9.60. The molecule has 2 unspecified atom stereocenters. The molecule has 1 aliphatic heterocycles. The van der Waals surface area contributed by atoms with E-state index >= 15 is 0 Å². The maximum absolute atomic E-state index is 5.98. The highest BCUT2D eigenvalue weighted by Gasteiger charge is 2.27. The molecular formula is C11H19N3O. The largest absolute Gasteiger partial charge is 0.384 e. The van der Waals surface area contributed by atoms with Gasteiger partial charge in [0.2, 0.25) is 0 Å². The highest BCUT2D eigenvalue weighted by molar-refractivity contribution is 5.37. The van der Waals surface area contributed by atoms with Gasteiger partial charge in [-0.15, -0.1) is 0 Å². The zero-order valence-electron chi connectivity index (χ0n) is 9.60. The summed E-state index contributed by atoms with van der Waals surface area (Å²) >= 11 is 0. The van der Waals surface area contributed by atoms with Crippen molar-refractivity contribution in [1.29, 1.82) is 0 Å². The fraction of sp³-hybridized carbons (Fsp3) is 0.727. The number of nitrogen functional groups attached to an aromatic ring is 1. The van der Waals surface area contributed by atoms with E-state index in [2.05, 4.69) is 18.9 Å². The second kappa shape index (κ2) is 3.85. The van der Waals surface area contributed by atoms with E-state index in [-0.39, 0.29) is 0 Å². The summed E-state index contributed by atoms with van der Waals surface area (Å²) in [5.41, 5.74) is 7.04. The number of nitrogens with two attached hydrogens (primary N) is 1. The maximum Gasteiger partial charge on any atom is 0.124 e. The van der Waals surface area contributed by atoms with Gasteiger partial charge in [0.1, 0.15) is 5.82 Å². The molecule has 4 heteroatoms. The predicted octanol–water partition coefficient (Wildman–Crippen LogP) is 1.90. The number of nitrogens with zero attached hydrogens (tertiary/aromatic N) is 2. The van der Waals surface area contributed by atoms with Crippen molar-refractivity contribution >= 4 is 5.82 Å². The minimum Gasteiger partial charge on any atom is -0.384 e. The van der Waals surface area contributed by atoms with Gasteiger partial charge in [-0.2, -0.15) is 5.10 Å². The Hall–Kier alpha value is -1.03. The van der Waals surface area contributed by atoms with Crippen LogP contribution in [0.2, 0.25) is 0 Å². The number of hydrogen-bond acceptors (Lipinski definition) is 3. The molecule has 0 radical (unpaired) electrons. The Morgan fingerprint density at radius 2 is 2.00 bits per heavy atom. The SMILES string of the molecule is Cc1cnn(C2CC(C)OC(C)C2)c1N. The summed E-state index contributed by atoms with van der Waals surface area (Å²) in [6.07, 6.45) is 4.41. The van der Waals surface area contributed by atoms with Crippen LogP contribution in [0.3, 0.4) is 0 Å². The lowest BCUT2D eigenvalue weighted by Crippen LogP contribution is -2.31. The van der Waals surface area contributed by atoms with Gasteiger partial charge in [-0.05, 0) is 33.6 Å². The minimum atomic E-state index is 0.294. The lowest BCUT2D eigenvalue weighted by atomic mass is 10.00. The van der Waals surface area contributed by atoms with Gasteiger partial charge in [-0.3, -0.25) is 0 Å². The van der Waals surface area contributed by atoms with E-state index in [4.69, 9.17) is 10.5 Å². The second-order valence-electron chi connectivity index (χ2n) is 4.54. The Morgan fingerprint density at radius 3 is 2.47 bits per heavy atom. The standard InChI is InChI=1S/C11H19N3O/c1-7-6-13-14(11(7)12)10-4-8(2)15-9(3)5-10/h6,8-10H,4-5,12H2,1-3H3. The molecule has 0 spiro atoms. The fourth-order valence-corrected chi connectivity index (χ4v) is 2.32. The van der Waals surface area contributed by atoms with E-state index in [0.717, 1.165) is 24.2 Å². The smallest absolute Gasteiger partial charge is 0.124 e. The minimum absolute atomic E-state index is 0.294. The number of aryl methyl sites for hydroxylation is 1. The van der Waals surface area contributed by atoms with E-state index in [1.807, 2.05) is 17.8 Å². The van der Waals surface area contributed by atoms with E-state index in [1.54, 1.807) is 0 Å². The number of rotatable bonds is 1. The van der Waals surface area contributed by atoms with Crippen LogP contribution in [0.4, 0.5) is 5.82 Å². The first-order valence-electron chi connectivity index (χ1n) is 5.53. The van der Waals surface area contributed by atoms with Crippen molar-refractivity contribution in [1.82, 2.24) is 9.78 Å². The molecule has 0 amide bonds. The molecule has 1 aromatic heterocycles. The molecule has 15 heavy (non-hydrogen) atoms. The van der Waals surface area contributed by atoms with Crippen LogP contribution in [0, 0.1) is 6.92 Å². The second-order valence-corrected chi connectivity index (χ2v) is 4.54. The summed E-state index contributed by atoms with van der Waals surface area (Å²) in [7, 11) is 0. The third-order valence-corrected chi connectivity index (χ3v) is 3.05. The summed E-state index contributed by atoms with van der Waals surface area (Å²) in [5, 5.41) is 4.34. The first kappa shape index (κ1) is 10.5. The van der Waals surface area contributed by atoms with Crippen molar-refractivity contribution in [2.75, 3.05) is 5.73 Å². The van der Waals surface area contributed by atoms with Crippen LogP contribution in [-0.4, -0.2) is 22.0 Å². The molecule has 1 aliphatic rings. The van der Waals surface area contributed by atoms with Crippen LogP contribution in [-0.2, 0) is 4.74 Å². The Balaban J connectivity index is 2.20. The highest BCUT2D eigenvalue weighted by Crippen LogP contribution is 2.30. The summed E-state index contributed by atoms with van der Waals surface area (Å²) < 4.78 is 7.65. The van der Waals surface area contributed by atoms with Crippen molar-refractivity contribution in [2.45, 2.75) is 51.9 Å². The molecule has 0 aromatic carbocycles. The van der Waals surface area contributed by atoms with Gasteiger partial charge >= 0.3 is 0 Å². The lowest BCUT2D eigenvalue weighted by Gasteiger charge is -2.32. The Kier molecular flexibility index (Phi) is 2.69. The lowest BCUT2D eigenvalue weighted by molar-refractivity contribution is -0.0502. The van der Waals surface area contributed by atoms with Gasteiger partial charge in [-0.1, -0.05) is 0 Å². The maximum atomic E-state index is 5.98. The average molecular weight is 209 g/mol. The van der Waals surface area contributed by atoms with Crippen LogP contribution >= 0.6 is 0 Å². The average Bonchev–Trinajstić information content (AvgIpc) is 2.46. The topological polar surface area (TPSA) is 53.1 Å². The van der Waals surface area contributed by atoms with Crippen molar-refractivity contribution in [3.8, 4) is 0 Å². The third kappa shape index (κ3) is 2.00. The Labute approximate surface area is 90.4 Å². The fourth-order valence-electron chi connectivity index (χ4n) is 2.32. The molecule has 1 aromatic rings. The van der Waals surface area contributed by atoms with E-state index < -0.39 is 0 Å². The van der Waals surface area contributed by atoms with E-state index in [0.29, 0.717) is 18.2 Å². The molecule has 2 atom stereocenters. The van der Waals surface area contributed by atoms with Crippen LogP contribution in [0.25, 0.3) is 0 Å². The molecule has 1 saturated heterocycles. The summed E-state index contributed by atoms with van der Waals surface area (Å²) in [4.78, 5) is 0.